The summed E-state index contributed by atoms with van der Waals surface area (Å²) in [5.41, 5.74) is 11.2. The molecule has 1 aromatic carbocycles. The number of nitrogens with two attached hydrogens (primary N) is 2. The molecule has 0 amide bonds. The average Bonchev–Trinajstić information content (AvgIpc) is 2.30. The van der Waals surface area contributed by atoms with Gasteiger partial charge in [0.1, 0.15) is 11.8 Å². The summed E-state index contributed by atoms with van der Waals surface area (Å²) in [6, 6.07) is 2.64. The molecule has 0 aromatic heterocycles. The summed E-state index contributed by atoms with van der Waals surface area (Å²) in [6.45, 7) is 1.45. The second-order valence-corrected chi connectivity index (χ2v) is 3.78. The lowest BCUT2D eigenvalue weighted by Gasteiger charge is -2.17. The van der Waals surface area contributed by atoms with Crippen LogP contribution >= 0.6 is 0 Å². The van der Waals surface area contributed by atoms with Crippen molar-refractivity contribution < 1.29 is 15.1 Å². The smallest absolute Gasteiger partial charge is 0.292 e. The van der Waals surface area contributed by atoms with Gasteiger partial charge in [-0.25, -0.2) is 0 Å². The van der Waals surface area contributed by atoms with E-state index in [2.05, 4.69) is 0 Å². The number of hydrogen-bond acceptors (Lipinski definition) is 6. The van der Waals surface area contributed by atoms with Crippen LogP contribution in [0.3, 0.4) is 0 Å². The predicted octanol–water partition coefficient (Wildman–Crippen LogP) is -0.162. The Labute approximate surface area is 97.8 Å². The Balaban J connectivity index is 3.23. The Bertz CT molecular complexity index is 436. The van der Waals surface area contributed by atoms with Crippen molar-refractivity contribution in [2.45, 2.75) is 19.1 Å². The molecule has 0 saturated carbocycles. The first kappa shape index (κ1) is 13.4. The highest BCUT2D eigenvalue weighted by atomic mass is 16.6. The van der Waals surface area contributed by atoms with E-state index in [0.717, 1.165) is 6.07 Å². The Kier molecular flexibility index (Phi) is 4.00. The number of nitrogen functional groups attached to an aromatic ring is 1. The van der Waals surface area contributed by atoms with Crippen LogP contribution in [-0.4, -0.2) is 27.8 Å². The molecule has 0 saturated heterocycles. The van der Waals surface area contributed by atoms with Crippen LogP contribution in [0, 0.1) is 17.0 Å². The van der Waals surface area contributed by atoms with Crippen LogP contribution in [0.15, 0.2) is 12.1 Å². The highest BCUT2D eigenvalue weighted by Gasteiger charge is 2.22. The fourth-order valence-electron chi connectivity index (χ4n) is 1.48. The van der Waals surface area contributed by atoms with Crippen molar-refractivity contribution in [2.75, 3.05) is 12.3 Å². The minimum atomic E-state index is -1.27. The summed E-state index contributed by atoms with van der Waals surface area (Å²) < 4.78 is 0. The number of aliphatic hydroxyl groups is 2. The second-order valence-electron chi connectivity index (χ2n) is 3.78. The quantitative estimate of drug-likeness (QED) is 0.328. The van der Waals surface area contributed by atoms with Gasteiger partial charge in [-0.2, -0.15) is 0 Å². The number of hydrogen-bond donors (Lipinski definition) is 4. The monoisotopic (exact) mass is 241 g/mol. The molecular weight excluding hydrogens is 226 g/mol. The van der Waals surface area contributed by atoms with E-state index in [1.807, 2.05) is 0 Å². The van der Waals surface area contributed by atoms with Gasteiger partial charge >= 0.3 is 0 Å². The number of nitro benzene ring substituents is 1. The van der Waals surface area contributed by atoms with Gasteiger partial charge in [-0.05, 0) is 18.1 Å². The zero-order chi connectivity index (χ0) is 13.2. The third-order valence-corrected chi connectivity index (χ3v) is 2.53. The number of rotatable bonds is 4. The van der Waals surface area contributed by atoms with Crippen LogP contribution in [0.2, 0.25) is 0 Å². The van der Waals surface area contributed by atoms with Crippen molar-refractivity contribution in [3.05, 3.63) is 33.4 Å². The summed E-state index contributed by atoms with van der Waals surface area (Å²) in [5, 5.41) is 29.9. The molecule has 2 unspecified atom stereocenters. The van der Waals surface area contributed by atoms with E-state index in [-0.39, 0.29) is 23.5 Å². The van der Waals surface area contributed by atoms with Crippen LogP contribution in [0.25, 0.3) is 0 Å². The van der Waals surface area contributed by atoms with E-state index < -0.39 is 17.1 Å². The first-order valence-corrected chi connectivity index (χ1v) is 4.99. The average molecular weight is 241 g/mol. The van der Waals surface area contributed by atoms with Gasteiger partial charge in [-0.3, -0.25) is 10.1 Å². The molecule has 0 aliphatic heterocycles. The van der Waals surface area contributed by atoms with Crippen molar-refractivity contribution in [3.8, 4) is 0 Å². The van der Waals surface area contributed by atoms with Gasteiger partial charge in [0.05, 0.1) is 11.0 Å². The van der Waals surface area contributed by atoms with Gasteiger partial charge < -0.3 is 21.7 Å². The lowest BCUT2D eigenvalue weighted by Crippen LogP contribution is -2.27. The highest BCUT2D eigenvalue weighted by Crippen LogP contribution is 2.30. The van der Waals surface area contributed by atoms with E-state index in [1.165, 1.54) is 6.07 Å². The molecule has 17 heavy (non-hydrogen) atoms. The molecule has 0 spiro atoms. The van der Waals surface area contributed by atoms with Crippen molar-refractivity contribution in [2.24, 2.45) is 5.73 Å². The van der Waals surface area contributed by atoms with E-state index in [4.69, 9.17) is 11.5 Å². The van der Waals surface area contributed by atoms with Gasteiger partial charge in [0, 0.05) is 12.6 Å². The number of anilines is 1. The minimum absolute atomic E-state index is 0.0492. The summed E-state index contributed by atoms with van der Waals surface area (Å²) in [5.74, 6) is 0. The largest absolute Gasteiger partial charge is 0.393 e. The molecule has 0 bridgehead atoms. The number of aryl methyl sites for hydroxylation is 1. The molecule has 6 N–H and O–H groups in total. The van der Waals surface area contributed by atoms with Gasteiger partial charge in [-0.1, -0.05) is 6.07 Å². The van der Waals surface area contributed by atoms with Crippen LogP contribution in [0.5, 0.6) is 0 Å². The van der Waals surface area contributed by atoms with E-state index in [0.29, 0.717) is 5.56 Å². The molecule has 7 heteroatoms. The molecule has 0 radical (unpaired) electrons. The molecular formula is C10H15N3O4. The molecule has 1 rings (SSSR count). The standard InChI is InChI=1S/C10H15N3O4/c1-5-2-6(10(15)8(14)4-11)3-7(9(5)12)13(16)17/h2-3,8,10,14-15H,4,11-12H2,1H3. The molecule has 0 heterocycles. The van der Waals surface area contributed by atoms with Gasteiger partial charge in [0.15, 0.2) is 0 Å². The van der Waals surface area contributed by atoms with E-state index in [1.54, 1.807) is 6.92 Å². The maximum Gasteiger partial charge on any atom is 0.292 e. The zero-order valence-corrected chi connectivity index (χ0v) is 9.33. The van der Waals surface area contributed by atoms with E-state index in [9.17, 15) is 20.3 Å². The molecule has 94 valence electrons. The molecule has 7 nitrogen and oxygen atoms in total. The lowest BCUT2D eigenvalue weighted by molar-refractivity contribution is -0.384. The zero-order valence-electron chi connectivity index (χ0n) is 9.33. The Morgan fingerprint density at radius 2 is 2.06 bits per heavy atom. The molecule has 0 fully saturated rings. The van der Waals surface area contributed by atoms with Crippen molar-refractivity contribution in [3.63, 3.8) is 0 Å². The number of benzene rings is 1. The summed E-state index contributed by atoms with van der Waals surface area (Å²) >= 11 is 0. The Morgan fingerprint density at radius 1 is 1.47 bits per heavy atom. The summed E-state index contributed by atoms with van der Waals surface area (Å²) in [6.07, 6.45) is -2.43. The van der Waals surface area contributed by atoms with E-state index >= 15 is 0 Å². The van der Waals surface area contributed by atoms with Crippen molar-refractivity contribution >= 4 is 11.4 Å². The van der Waals surface area contributed by atoms with Crippen LogP contribution in [0.1, 0.15) is 17.2 Å². The maximum absolute atomic E-state index is 10.7. The molecule has 2 atom stereocenters. The molecule has 1 aromatic rings. The molecule has 0 aliphatic rings. The van der Waals surface area contributed by atoms with Crippen LogP contribution in [0.4, 0.5) is 11.4 Å². The van der Waals surface area contributed by atoms with Crippen LogP contribution in [-0.2, 0) is 0 Å². The topological polar surface area (TPSA) is 136 Å². The van der Waals surface area contributed by atoms with Crippen molar-refractivity contribution in [1.29, 1.82) is 0 Å². The summed E-state index contributed by atoms with van der Waals surface area (Å²) in [7, 11) is 0. The van der Waals surface area contributed by atoms with Gasteiger partial charge in [-0.15, -0.1) is 0 Å². The molecule has 0 aliphatic carbocycles. The highest BCUT2D eigenvalue weighted by molar-refractivity contribution is 5.64. The summed E-state index contributed by atoms with van der Waals surface area (Å²) in [4.78, 5) is 10.1. The maximum atomic E-state index is 10.7. The third kappa shape index (κ3) is 2.70. The van der Waals surface area contributed by atoms with Gasteiger partial charge in [0.25, 0.3) is 5.69 Å². The fourth-order valence-corrected chi connectivity index (χ4v) is 1.48. The van der Waals surface area contributed by atoms with Gasteiger partial charge in [0.2, 0.25) is 0 Å². The Morgan fingerprint density at radius 3 is 2.53 bits per heavy atom. The van der Waals surface area contributed by atoms with Crippen molar-refractivity contribution in [1.82, 2.24) is 0 Å². The first-order chi connectivity index (χ1) is 7.88. The minimum Gasteiger partial charge on any atom is -0.393 e. The number of nitrogens with zero attached hydrogens (tertiary/aromatic N) is 1. The normalized spacial score (nSPS) is 14.4. The first-order valence-electron chi connectivity index (χ1n) is 4.99. The second kappa shape index (κ2) is 5.09. The van der Waals surface area contributed by atoms with Crippen LogP contribution < -0.4 is 11.5 Å². The number of aliphatic hydroxyl groups excluding tert-OH is 2. The SMILES string of the molecule is Cc1cc(C(O)C(O)CN)cc([N+](=O)[O-])c1N. The number of nitro groups is 1. The third-order valence-electron chi connectivity index (χ3n) is 2.53. The fraction of sp³-hybridized carbons (Fsp3) is 0.400. The predicted molar refractivity (Wildman–Crippen MR) is 62.3 cm³/mol. The Hall–Kier alpha value is -1.70. The lowest BCUT2D eigenvalue weighted by atomic mass is 10.00.